The Hall–Kier alpha value is -2.33. The maximum atomic E-state index is 13.6. The molecule has 0 radical (unpaired) electrons. The quantitative estimate of drug-likeness (QED) is 0.794. The van der Waals surface area contributed by atoms with Gasteiger partial charge in [0.15, 0.2) is 11.6 Å². The minimum Gasteiger partial charge on any atom is -0.489 e. The molecule has 0 aliphatic carbocycles. The summed E-state index contributed by atoms with van der Waals surface area (Å²) in [5.41, 5.74) is 4.17. The van der Waals surface area contributed by atoms with E-state index in [4.69, 9.17) is 4.74 Å². The van der Waals surface area contributed by atoms with Gasteiger partial charge in [-0.05, 0) is 60.6 Å². The summed E-state index contributed by atoms with van der Waals surface area (Å²) in [7, 11) is 0. The Morgan fingerprint density at radius 3 is 2.83 bits per heavy atom. The predicted molar refractivity (Wildman–Crippen MR) is 94.1 cm³/mol. The van der Waals surface area contributed by atoms with Crippen LogP contribution >= 0.6 is 0 Å². The van der Waals surface area contributed by atoms with Gasteiger partial charge in [-0.15, -0.1) is 0 Å². The van der Waals surface area contributed by atoms with Gasteiger partial charge in [0.05, 0.1) is 12.1 Å². The van der Waals surface area contributed by atoms with Crippen molar-refractivity contribution in [3.63, 3.8) is 0 Å². The van der Waals surface area contributed by atoms with Crippen molar-refractivity contribution in [2.24, 2.45) is 0 Å². The highest BCUT2D eigenvalue weighted by Gasteiger charge is 2.14. The first kappa shape index (κ1) is 15.2. The Kier molecular flexibility index (Phi) is 4.22. The third kappa shape index (κ3) is 2.89. The maximum absolute atomic E-state index is 13.6. The van der Waals surface area contributed by atoms with Crippen LogP contribution in [0.5, 0.6) is 5.75 Å². The lowest BCUT2D eigenvalue weighted by atomic mass is 10.00. The molecule has 2 heterocycles. The highest BCUT2D eigenvalue weighted by molar-refractivity contribution is 5.84. The molecule has 0 atom stereocenters. The second kappa shape index (κ2) is 6.65. The molecule has 1 N–H and O–H groups in total. The normalized spacial score (nSPS) is 14.4. The van der Waals surface area contributed by atoms with E-state index in [2.05, 4.69) is 34.3 Å². The van der Waals surface area contributed by atoms with Gasteiger partial charge in [-0.1, -0.05) is 24.3 Å². The Morgan fingerprint density at radius 1 is 1.04 bits per heavy atom. The van der Waals surface area contributed by atoms with Crippen molar-refractivity contribution in [3.8, 4) is 5.75 Å². The smallest absolute Gasteiger partial charge is 0.165 e. The van der Waals surface area contributed by atoms with E-state index >= 15 is 0 Å². The highest BCUT2D eigenvalue weighted by Crippen LogP contribution is 2.26. The monoisotopic (exact) mass is 324 g/mol. The number of fused-ring (bicyclic) bond motifs is 3. The zero-order valence-corrected chi connectivity index (χ0v) is 13.6. The van der Waals surface area contributed by atoms with Crippen LogP contribution in [0.25, 0.3) is 10.9 Å². The number of rotatable bonds is 4. The second-order valence-electron chi connectivity index (χ2n) is 6.18. The third-order valence-corrected chi connectivity index (χ3v) is 4.68. The molecule has 3 nitrogen and oxygen atoms in total. The number of nitrogens with one attached hydrogen (secondary N) is 1. The molecule has 0 bridgehead atoms. The van der Waals surface area contributed by atoms with Gasteiger partial charge >= 0.3 is 0 Å². The number of nitrogens with zero attached hydrogens (tertiary/aromatic N) is 1. The van der Waals surface area contributed by atoms with E-state index in [-0.39, 0.29) is 5.82 Å². The molecule has 1 aliphatic rings. The number of benzene rings is 2. The van der Waals surface area contributed by atoms with Crippen molar-refractivity contribution < 1.29 is 9.13 Å². The number of aromatic nitrogens is 1. The summed E-state index contributed by atoms with van der Waals surface area (Å²) in [5.74, 6) is 0.00629. The van der Waals surface area contributed by atoms with Crippen LogP contribution in [0.1, 0.15) is 11.1 Å². The molecule has 0 saturated carbocycles. The average molecular weight is 324 g/mol. The molecule has 24 heavy (non-hydrogen) atoms. The summed E-state index contributed by atoms with van der Waals surface area (Å²) in [6.07, 6.45) is 4.22. The molecule has 0 amide bonds. The molecule has 4 rings (SSSR count). The molecule has 1 aromatic heterocycles. The maximum Gasteiger partial charge on any atom is 0.165 e. The van der Waals surface area contributed by atoms with Gasteiger partial charge < -0.3 is 14.6 Å². The fourth-order valence-electron chi connectivity index (χ4n) is 3.49. The van der Waals surface area contributed by atoms with Crippen LogP contribution in [0.3, 0.4) is 0 Å². The van der Waals surface area contributed by atoms with Gasteiger partial charge in [0, 0.05) is 6.20 Å². The molecule has 4 heteroatoms. The standard InChI is InChI=1S/C20H21FN2O/c21-18-3-1-2-4-19(18)24-14-13-23-12-9-16-6-5-15-7-10-22-11-8-17(15)20(16)23/h1-6,9,12,22H,7-8,10-11,13-14H2. The zero-order valence-electron chi connectivity index (χ0n) is 13.6. The molecular weight excluding hydrogens is 303 g/mol. The predicted octanol–water partition coefficient (Wildman–Crippen LogP) is 3.55. The van der Waals surface area contributed by atoms with Crippen LogP contribution < -0.4 is 10.1 Å². The van der Waals surface area contributed by atoms with E-state index in [1.54, 1.807) is 18.2 Å². The van der Waals surface area contributed by atoms with Crippen LogP contribution in [-0.4, -0.2) is 24.3 Å². The largest absolute Gasteiger partial charge is 0.489 e. The second-order valence-corrected chi connectivity index (χ2v) is 6.18. The van der Waals surface area contributed by atoms with Crippen molar-refractivity contribution in [1.82, 2.24) is 9.88 Å². The van der Waals surface area contributed by atoms with E-state index in [1.807, 2.05) is 0 Å². The minimum absolute atomic E-state index is 0.310. The van der Waals surface area contributed by atoms with E-state index in [1.165, 1.54) is 28.1 Å². The Morgan fingerprint density at radius 2 is 1.92 bits per heavy atom. The summed E-state index contributed by atoms with van der Waals surface area (Å²) < 4.78 is 21.5. The number of hydrogen-bond donors (Lipinski definition) is 1. The first-order chi connectivity index (χ1) is 11.8. The van der Waals surface area contributed by atoms with E-state index in [0.29, 0.717) is 18.9 Å². The van der Waals surface area contributed by atoms with Gasteiger partial charge in [-0.25, -0.2) is 4.39 Å². The van der Waals surface area contributed by atoms with Crippen molar-refractivity contribution in [1.29, 1.82) is 0 Å². The van der Waals surface area contributed by atoms with Crippen LogP contribution in [-0.2, 0) is 19.4 Å². The van der Waals surface area contributed by atoms with E-state index < -0.39 is 0 Å². The lowest BCUT2D eigenvalue weighted by molar-refractivity contribution is 0.286. The van der Waals surface area contributed by atoms with Crippen molar-refractivity contribution >= 4 is 10.9 Å². The fourth-order valence-corrected chi connectivity index (χ4v) is 3.49. The van der Waals surface area contributed by atoms with Crippen LogP contribution in [0, 0.1) is 5.82 Å². The molecule has 0 unspecified atom stereocenters. The summed E-state index contributed by atoms with van der Waals surface area (Å²) in [5, 5.41) is 4.73. The zero-order chi connectivity index (χ0) is 16.4. The van der Waals surface area contributed by atoms with Gasteiger partial charge in [0.1, 0.15) is 6.61 Å². The summed E-state index contributed by atoms with van der Waals surface area (Å²) in [4.78, 5) is 0. The summed E-state index contributed by atoms with van der Waals surface area (Å²) in [6, 6.07) is 13.2. The van der Waals surface area contributed by atoms with Crippen LogP contribution in [0.4, 0.5) is 4.39 Å². The fraction of sp³-hybridized carbons (Fsp3) is 0.300. The van der Waals surface area contributed by atoms with Crippen LogP contribution in [0.15, 0.2) is 48.7 Å². The van der Waals surface area contributed by atoms with Gasteiger partial charge in [0.25, 0.3) is 0 Å². The Balaban J connectivity index is 1.57. The number of hydrogen-bond acceptors (Lipinski definition) is 2. The molecular formula is C20H21FN2O. The SMILES string of the molecule is Fc1ccccc1OCCn1ccc2ccc3c(c21)CCNCC3. The molecule has 2 aromatic carbocycles. The first-order valence-electron chi connectivity index (χ1n) is 8.50. The molecule has 0 fully saturated rings. The first-order valence-corrected chi connectivity index (χ1v) is 8.50. The van der Waals surface area contributed by atoms with E-state index in [0.717, 1.165) is 25.9 Å². The lowest BCUT2D eigenvalue weighted by Crippen LogP contribution is -2.16. The van der Waals surface area contributed by atoms with Crippen molar-refractivity contribution in [2.45, 2.75) is 19.4 Å². The van der Waals surface area contributed by atoms with Crippen molar-refractivity contribution in [2.75, 3.05) is 19.7 Å². The highest BCUT2D eigenvalue weighted by atomic mass is 19.1. The minimum atomic E-state index is -0.310. The third-order valence-electron chi connectivity index (χ3n) is 4.68. The Bertz CT molecular complexity index is 856. The molecule has 124 valence electrons. The topological polar surface area (TPSA) is 26.2 Å². The Labute approximate surface area is 141 Å². The van der Waals surface area contributed by atoms with E-state index in [9.17, 15) is 4.39 Å². The number of halogens is 1. The van der Waals surface area contributed by atoms with Gasteiger partial charge in [-0.3, -0.25) is 0 Å². The average Bonchev–Trinajstić information content (AvgIpc) is 2.85. The molecule has 3 aromatic rings. The summed E-state index contributed by atoms with van der Waals surface area (Å²) in [6.45, 7) is 3.22. The molecule has 0 saturated heterocycles. The lowest BCUT2D eigenvalue weighted by Gasteiger charge is -2.13. The number of ether oxygens (including phenoxy) is 1. The van der Waals surface area contributed by atoms with Crippen molar-refractivity contribution in [3.05, 3.63) is 65.6 Å². The number of para-hydroxylation sites is 1. The molecule has 1 aliphatic heterocycles. The van der Waals surface area contributed by atoms with Crippen LogP contribution in [0.2, 0.25) is 0 Å². The van der Waals surface area contributed by atoms with Gasteiger partial charge in [0.2, 0.25) is 0 Å². The molecule has 0 spiro atoms. The summed E-state index contributed by atoms with van der Waals surface area (Å²) >= 11 is 0. The van der Waals surface area contributed by atoms with Gasteiger partial charge in [-0.2, -0.15) is 0 Å².